The summed E-state index contributed by atoms with van der Waals surface area (Å²) >= 11 is 0. The number of anilines is 1. The van der Waals surface area contributed by atoms with Crippen molar-refractivity contribution in [3.05, 3.63) is 114 Å². The maximum absolute atomic E-state index is 11.7. The smallest absolute Gasteiger partial charge is 0.229 e. The lowest BCUT2D eigenvalue weighted by molar-refractivity contribution is -0.113. The van der Waals surface area contributed by atoms with Crippen molar-refractivity contribution in [3.8, 4) is 28.3 Å². The van der Waals surface area contributed by atoms with Gasteiger partial charge in [-0.3, -0.25) is 0 Å². The first-order valence-electron chi connectivity index (χ1n) is 11.2. The molecule has 0 atom stereocenters. The molecule has 0 bridgehead atoms. The molecule has 5 rings (SSSR count). The van der Waals surface area contributed by atoms with Crippen LogP contribution in [-0.4, -0.2) is 20.3 Å². The van der Waals surface area contributed by atoms with Gasteiger partial charge in [0, 0.05) is 17.4 Å². The number of carbonyl (C=O) groups is 1. The molecule has 0 aliphatic rings. The molecule has 0 radical (unpaired) electrons. The van der Waals surface area contributed by atoms with E-state index in [-0.39, 0.29) is 11.5 Å². The van der Waals surface area contributed by atoms with Gasteiger partial charge in [-0.1, -0.05) is 42.5 Å². The SMILES string of the molecule is [C-]#[N+]/C(=C\c1cccc(-n2cc(-c3ccc(Oc4ccccc4)cc3)c3c(N)ncnc32)c1)C(C)=O. The predicted molar refractivity (Wildman–Crippen MR) is 140 cm³/mol. The summed E-state index contributed by atoms with van der Waals surface area (Å²) in [6.07, 6.45) is 4.98. The molecule has 0 saturated heterocycles. The highest BCUT2D eigenvalue weighted by atomic mass is 16.5. The normalized spacial score (nSPS) is 11.3. The molecule has 0 fully saturated rings. The lowest BCUT2D eigenvalue weighted by Crippen LogP contribution is -1.97. The lowest BCUT2D eigenvalue weighted by atomic mass is 10.1. The Morgan fingerprint density at radius 2 is 1.75 bits per heavy atom. The van der Waals surface area contributed by atoms with E-state index in [2.05, 4.69) is 14.8 Å². The van der Waals surface area contributed by atoms with Gasteiger partial charge in [-0.15, -0.1) is 0 Å². The largest absolute Gasteiger partial charge is 0.457 e. The molecule has 0 amide bonds. The average Bonchev–Trinajstić information content (AvgIpc) is 3.29. The van der Waals surface area contributed by atoms with Gasteiger partial charge in [-0.05, 0) is 60.5 Å². The number of para-hydroxylation sites is 1. The van der Waals surface area contributed by atoms with E-state index in [1.807, 2.05) is 89.6 Å². The van der Waals surface area contributed by atoms with Crippen molar-refractivity contribution >= 4 is 28.7 Å². The fraction of sp³-hybridized carbons (Fsp3) is 0.0345. The van der Waals surface area contributed by atoms with E-state index < -0.39 is 0 Å². The van der Waals surface area contributed by atoms with Crippen molar-refractivity contribution in [1.29, 1.82) is 0 Å². The highest BCUT2D eigenvalue weighted by Gasteiger charge is 2.16. The molecular weight excluding hydrogens is 450 g/mol. The minimum absolute atomic E-state index is 0.0783. The van der Waals surface area contributed by atoms with E-state index >= 15 is 0 Å². The number of ether oxygens (including phenoxy) is 1. The first kappa shape index (κ1) is 22.6. The fourth-order valence-corrected chi connectivity index (χ4v) is 3.96. The zero-order valence-corrected chi connectivity index (χ0v) is 19.4. The van der Waals surface area contributed by atoms with Gasteiger partial charge in [-0.2, -0.15) is 0 Å². The number of nitrogens with two attached hydrogens (primary N) is 1. The number of allylic oxidation sites excluding steroid dienone is 1. The summed E-state index contributed by atoms with van der Waals surface area (Å²) in [4.78, 5) is 23.7. The number of ketones is 1. The van der Waals surface area contributed by atoms with Gasteiger partial charge >= 0.3 is 0 Å². The zero-order chi connectivity index (χ0) is 25.1. The first-order chi connectivity index (χ1) is 17.5. The van der Waals surface area contributed by atoms with E-state index in [1.54, 1.807) is 6.08 Å². The van der Waals surface area contributed by atoms with E-state index in [0.717, 1.165) is 39.3 Å². The van der Waals surface area contributed by atoms with Gasteiger partial charge in [0.05, 0.1) is 12.0 Å². The molecule has 3 aromatic carbocycles. The Bertz CT molecular complexity index is 1650. The summed E-state index contributed by atoms with van der Waals surface area (Å²) in [7, 11) is 0. The molecule has 174 valence electrons. The Morgan fingerprint density at radius 3 is 2.47 bits per heavy atom. The van der Waals surface area contributed by atoms with Crippen LogP contribution in [0.1, 0.15) is 12.5 Å². The third kappa shape index (κ3) is 4.43. The Kier molecular flexibility index (Phi) is 6.00. The average molecular weight is 472 g/mol. The Balaban J connectivity index is 1.57. The van der Waals surface area contributed by atoms with Crippen LogP contribution in [0.15, 0.2) is 97.1 Å². The monoisotopic (exact) mass is 471 g/mol. The number of hydrogen-bond acceptors (Lipinski definition) is 5. The standard InChI is InChI=1S/C29H21N5O2/c1-19(35)26(31-2)16-20-7-6-8-22(15-20)34-17-25(27-28(30)32-18-33-29(27)34)21-11-13-24(14-12-21)36-23-9-4-3-5-10-23/h3-18H,1H3,(H2,30,32,33)/b26-16-. The van der Waals surface area contributed by atoms with Crippen LogP contribution >= 0.6 is 0 Å². The Hall–Kier alpha value is -5.22. The van der Waals surface area contributed by atoms with Gasteiger partial charge in [-0.25, -0.2) is 14.8 Å². The van der Waals surface area contributed by atoms with Crippen LogP contribution < -0.4 is 10.5 Å². The number of benzene rings is 3. The van der Waals surface area contributed by atoms with Crippen molar-refractivity contribution in [2.45, 2.75) is 6.92 Å². The van der Waals surface area contributed by atoms with Crippen molar-refractivity contribution < 1.29 is 9.53 Å². The van der Waals surface area contributed by atoms with E-state index in [0.29, 0.717) is 11.5 Å². The van der Waals surface area contributed by atoms with Crippen LogP contribution in [0.25, 0.3) is 38.8 Å². The number of Topliss-reactive ketones (excluding diaryl/α,β-unsaturated/α-hetero) is 1. The summed E-state index contributed by atoms with van der Waals surface area (Å²) in [5.74, 6) is 1.59. The highest BCUT2D eigenvalue weighted by Crippen LogP contribution is 2.35. The minimum Gasteiger partial charge on any atom is -0.457 e. The molecule has 5 aromatic rings. The highest BCUT2D eigenvalue weighted by molar-refractivity contribution is 6.02. The van der Waals surface area contributed by atoms with Gasteiger partial charge in [0.25, 0.3) is 0 Å². The van der Waals surface area contributed by atoms with Crippen LogP contribution in [0.5, 0.6) is 11.5 Å². The predicted octanol–water partition coefficient (Wildman–Crippen LogP) is 6.31. The number of carbonyl (C=O) groups excluding carboxylic acids is 1. The topological polar surface area (TPSA) is 87.4 Å². The number of fused-ring (bicyclic) bond motifs is 1. The van der Waals surface area contributed by atoms with Gasteiger partial charge in [0.15, 0.2) is 11.4 Å². The number of nitrogens with zero attached hydrogens (tertiary/aromatic N) is 4. The second kappa shape index (κ2) is 9.57. The van der Waals surface area contributed by atoms with Crippen molar-refractivity contribution in [3.63, 3.8) is 0 Å². The molecule has 0 aliphatic carbocycles. The minimum atomic E-state index is -0.274. The fourth-order valence-electron chi connectivity index (χ4n) is 3.96. The van der Waals surface area contributed by atoms with Crippen LogP contribution in [0.2, 0.25) is 0 Å². The van der Waals surface area contributed by atoms with Crippen molar-refractivity contribution in [2.24, 2.45) is 0 Å². The molecule has 0 aliphatic heterocycles. The van der Waals surface area contributed by atoms with Crippen LogP contribution in [0.3, 0.4) is 0 Å². The molecule has 2 heterocycles. The van der Waals surface area contributed by atoms with Crippen molar-refractivity contribution in [1.82, 2.24) is 14.5 Å². The van der Waals surface area contributed by atoms with Crippen LogP contribution in [0.4, 0.5) is 5.82 Å². The van der Waals surface area contributed by atoms with Gasteiger partial charge in [0.1, 0.15) is 23.6 Å². The summed E-state index contributed by atoms with van der Waals surface area (Å²) in [6, 6.07) is 24.9. The quantitative estimate of drug-likeness (QED) is 0.232. The van der Waals surface area contributed by atoms with Crippen molar-refractivity contribution in [2.75, 3.05) is 5.73 Å². The second-order valence-electron chi connectivity index (χ2n) is 8.10. The molecule has 7 heteroatoms. The summed E-state index contributed by atoms with van der Waals surface area (Å²) < 4.78 is 7.85. The van der Waals surface area contributed by atoms with Gasteiger partial charge in [0.2, 0.25) is 5.70 Å². The number of hydrogen-bond donors (Lipinski definition) is 1. The molecule has 0 saturated carbocycles. The lowest BCUT2D eigenvalue weighted by Gasteiger charge is -2.07. The van der Waals surface area contributed by atoms with E-state index in [1.165, 1.54) is 13.3 Å². The van der Waals surface area contributed by atoms with Crippen LogP contribution in [0, 0.1) is 6.57 Å². The molecule has 0 spiro atoms. The maximum atomic E-state index is 11.7. The number of rotatable bonds is 6. The third-order valence-electron chi connectivity index (χ3n) is 5.69. The Morgan fingerprint density at radius 1 is 1.00 bits per heavy atom. The molecule has 36 heavy (non-hydrogen) atoms. The maximum Gasteiger partial charge on any atom is 0.229 e. The molecule has 2 aromatic heterocycles. The Labute approximate surface area is 207 Å². The third-order valence-corrected chi connectivity index (χ3v) is 5.69. The summed E-state index contributed by atoms with van der Waals surface area (Å²) in [5, 5.41) is 0.737. The first-order valence-corrected chi connectivity index (χ1v) is 11.2. The van der Waals surface area contributed by atoms with E-state index in [4.69, 9.17) is 17.0 Å². The molecule has 7 nitrogen and oxygen atoms in total. The van der Waals surface area contributed by atoms with Crippen LogP contribution in [-0.2, 0) is 4.79 Å². The van der Waals surface area contributed by atoms with E-state index in [9.17, 15) is 4.79 Å². The van der Waals surface area contributed by atoms with Gasteiger partial charge < -0.3 is 19.8 Å². The number of aromatic nitrogens is 3. The molecular formula is C29H21N5O2. The summed E-state index contributed by atoms with van der Waals surface area (Å²) in [5.41, 5.74) is 10.4. The molecule has 0 unspecified atom stereocenters. The number of nitrogen functional groups attached to an aromatic ring is 1. The molecule has 2 N–H and O–H groups in total. The second-order valence-corrected chi connectivity index (χ2v) is 8.10. The summed E-state index contributed by atoms with van der Waals surface area (Å²) in [6.45, 7) is 8.64. The zero-order valence-electron chi connectivity index (χ0n) is 19.4.